The largest absolute Gasteiger partial charge is 0.445 e. The van der Waals surface area contributed by atoms with Gasteiger partial charge in [0.2, 0.25) is 5.95 Å². The Balaban J connectivity index is 1.06. The highest BCUT2D eigenvalue weighted by Crippen LogP contribution is 2.39. The van der Waals surface area contributed by atoms with Gasteiger partial charge in [0.05, 0.1) is 47.2 Å². The van der Waals surface area contributed by atoms with E-state index in [0.717, 1.165) is 47.3 Å². The number of amides is 1. The van der Waals surface area contributed by atoms with Gasteiger partial charge >= 0.3 is 6.09 Å². The number of nitrogens with one attached hydrogen (secondary N) is 1. The summed E-state index contributed by atoms with van der Waals surface area (Å²) in [4.78, 5) is 29.3. The molecule has 2 N–H and O–H groups in total. The quantitative estimate of drug-likeness (QED) is 0.380. The predicted octanol–water partition coefficient (Wildman–Crippen LogP) is 3.73. The van der Waals surface area contributed by atoms with Gasteiger partial charge in [-0.15, -0.1) is 0 Å². The number of ether oxygens (including phenoxy) is 1. The maximum absolute atomic E-state index is 12.9. The van der Waals surface area contributed by atoms with Gasteiger partial charge in [-0.25, -0.2) is 9.78 Å². The van der Waals surface area contributed by atoms with E-state index in [0.29, 0.717) is 68.0 Å². The number of carbonyl (C=O) groups is 1. The maximum Gasteiger partial charge on any atom is 0.410 e. The van der Waals surface area contributed by atoms with E-state index in [-0.39, 0.29) is 25.3 Å². The average molecular weight is 628 g/mol. The lowest BCUT2D eigenvalue weighted by molar-refractivity contribution is 0.0955. The molecule has 4 heterocycles. The van der Waals surface area contributed by atoms with E-state index >= 15 is 0 Å². The number of fused-ring (bicyclic) bond motifs is 2. The van der Waals surface area contributed by atoms with Crippen LogP contribution in [0.4, 0.5) is 22.2 Å². The first kappa shape index (κ1) is 29.5. The van der Waals surface area contributed by atoms with Crippen LogP contribution in [-0.2, 0) is 41.7 Å². The summed E-state index contributed by atoms with van der Waals surface area (Å²) in [5, 5.41) is 23.3. The van der Waals surface area contributed by atoms with Gasteiger partial charge in [0, 0.05) is 50.6 Å². The Bertz CT molecular complexity index is 1650. The van der Waals surface area contributed by atoms with Crippen molar-refractivity contribution in [3.8, 4) is 6.07 Å². The molecule has 7 rings (SSSR count). The number of benzene rings is 2. The Labute approximate surface area is 265 Å². The highest BCUT2D eigenvalue weighted by atomic mass is 32.2. The van der Waals surface area contributed by atoms with Gasteiger partial charge in [0.1, 0.15) is 17.3 Å². The summed E-state index contributed by atoms with van der Waals surface area (Å²) in [6, 6.07) is 18.2. The standard InChI is InChI=1S/C33H37N7O4S/c34-13-9-27-20-38(31-35-28-10-16-45(43)29(28)30(36-31)37-33(22-41)11-4-12-33)14-15-40(27)26-8-7-24-18-39(19-25(24)17-26)32(42)44-21-23-5-2-1-3-6-23/h1-3,5-8,17,27,41H,4,9-12,14-16,18-22H2,(H,35,36,37)/t27-,45+/m0/s1. The van der Waals surface area contributed by atoms with Gasteiger partial charge in [0.25, 0.3) is 0 Å². The summed E-state index contributed by atoms with van der Waals surface area (Å²) in [5.74, 6) is 1.67. The summed E-state index contributed by atoms with van der Waals surface area (Å²) in [5.41, 5.74) is 4.54. The number of aromatic nitrogens is 2. The van der Waals surface area contributed by atoms with Crippen molar-refractivity contribution in [1.82, 2.24) is 14.9 Å². The molecular weight excluding hydrogens is 590 g/mol. The van der Waals surface area contributed by atoms with Crippen LogP contribution in [0.2, 0.25) is 0 Å². The Morgan fingerprint density at radius 1 is 1.13 bits per heavy atom. The predicted molar refractivity (Wildman–Crippen MR) is 170 cm³/mol. The van der Waals surface area contributed by atoms with Crippen molar-refractivity contribution in [3.05, 3.63) is 70.9 Å². The molecule has 45 heavy (non-hydrogen) atoms. The van der Waals surface area contributed by atoms with Crippen LogP contribution in [-0.4, -0.2) is 73.9 Å². The molecule has 2 aromatic carbocycles. The molecule has 1 aromatic heterocycles. The molecule has 0 bridgehead atoms. The number of nitriles is 1. The second kappa shape index (κ2) is 12.3. The van der Waals surface area contributed by atoms with Crippen LogP contribution in [0.3, 0.4) is 0 Å². The van der Waals surface area contributed by atoms with Crippen molar-refractivity contribution >= 4 is 34.3 Å². The van der Waals surface area contributed by atoms with E-state index < -0.39 is 16.3 Å². The van der Waals surface area contributed by atoms with Crippen molar-refractivity contribution in [2.24, 2.45) is 0 Å². The number of aliphatic hydroxyl groups is 1. The topological polar surface area (TPSA) is 135 Å². The van der Waals surface area contributed by atoms with E-state index in [9.17, 15) is 19.4 Å². The summed E-state index contributed by atoms with van der Waals surface area (Å²) in [6.45, 7) is 3.12. The minimum atomic E-state index is -1.17. The fourth-order valence-corrected chi connectivity index (χ4v) is 8.05. The van der Waals surface area contributed by atoms with Crippen molar-refractivity contribution in [2.45, 2.75) is 68.3 Å². The van der Waals surface area contributed by atoms with Gasteiger partial charge in [-0.1, -0.05) is 36.4 Å². The Morgan fingerprint density at radius 2 is 1.96 bits per heavy atom. The van der Waals surface area contributed by atoms with E-state index in [4.69, 9.17) is 14.7 Å². The molecule has 1 saturated carbocycles. The smallest absolute Gasteiger partial charge is 0.410 e. The van der Waals surface area contributed by atoms with Gasteiger partial charge in [-0.05, 0) is 48.1 Å². The van der Waals surface area contributed by atoms with Crippen molar-refractivity contribution in [3.63, 3.8) is 0 Å². The van der Waals surface area contributed by atoms with Crippen LogP contribution < -0.4 is 15.1 Å². The molecule has 1 amide bonds. The number of aliphatic hydroxyl groups excluding tert-OH is 1. The molecule has 4 aliphatic rings. The molecule has 1 saturated heterocycles. The number of nitrogens with zero attached hydrogens (tertiary/aromatic N) is 6. The lowest BCUT2D eigenvalue weighted by atomic mass is 9.77. The first-order valence-corrected chi connectivity index (χ1v) is 16.9. The molecule has 3 aromatic rings. The van der Waals surface area contributed by atoms with Crippen LogP contribution in [0.15, 0.2) is 53.4 Å². The molecule has 2 fully saturated rings. The highest BCUT2D eigenvalue weighted by Gasteiger charge is 2.39. The highest BCUT2D eigenvalue weighted by molar-refractivity contribution is 7.85. The third-order valence-electron chi connectivity index (χ3n) is 9.47. The van der Waals surface area contributed by atoms with Crippen molar-refractivity contribution < 1.29 is 18.8 Å². The lowest BCUT2D eigenvalue weighted by Crippen LogP contribution is -2.54. The minimum absolute atomic E-state index is 0.00404. The molecule has 11 nitrogen and oxygen atoms in total. The third kappa shape index (κ3) is 5.82. The SMILES string of the molecule is N#CC[C@H]1CN(c2nc3c(c(NC4(CO)CCC4)n2)[S@](=O)CC3)CCN1c1ccc2c(c1)CN(C(=O)OCc1ccccc1)C2. The van der Waals surface area contributed by atoms with E-state index in [1.807, 2.05) is 30.3 Å². The molecule has 234 valence electrons. The fraction of sp³-hybridized carbons (Fsp3) is 0.455. The van der Waals surface area contributed by atoms with Crippen LogP contribution in [0.25, 0.3) is 0 Å². The Kier molecular flexibility index (Phi) is 8.06. The maximum atomic E-state index is 12.9. The monoisotopic (exact) mass is 627 g/mol. The first-order valence-electron chi connectivity index (χ1n) is 15.6. The van der Waals surface area contributed by atoms with Gasteiger partial charge in [-0.2, -0.15) is 10.2 Å². The van der Waals surface area contributed by atoms with Crippen LogP contribution in [0, 0.1) is 11.3 Å². The van der Waals surface area contributed by atoms with Crippen LogP contribution in [0.5, 0.6) is 0 Å². The number of piperazine rings is 1. The number of hydrogen-bond donors (Lipinski definition) is 2. The van der Waals surface area contributed by atoms with E-state index in [1.165, 1.54) is 0 Å². The van der Waals surface area contributed by atoms with Crippen LogP contribution in [0.1, 0.15) is 48.1 Å². The van der Waals surface area contributed by atoms with Crippen molar-refractivity contribution in [2.75, 3.05) is 47.1 Å². The van der Waals surface area contributed by atoms with Crippen LogP contribution >= 0.6 is 0 Å². The number of rotatable bonds is 8. The summed E-state index contributed by atoms with van der Waals surface area (Å²) < 4.78 is 18.4. The van der Waals surface area contributed by atoms with Gasteiger partial charge < -0.3 is 25.0 Å². The van der Waals surface area contributed by atoms with Crippen molar-refractivity contribution in [1.29, 1.82) is 5.26 Å². The second-order valence-electron chi connectivity index (χ2n) is 12.4. The molecular formula is C33H37N7O4S. The van der Waals surface area contributed by atoms with E-state index in [2.05, 4.69) is 39.4 Å². The molecule has 12 heteroatoms. The molecule has 1 aliphatic carbocycles. The number of aryl methyl sites for hydroxylation is 1. The van der Waals surface area contributed by atoms with E-state index in [1.54, 1.807) is 4.90 Å². The Morgan fingerprint density at radius 3 is 2.71 bits per heavy atom. The Hall–Kier alpha value is -4.21. The normalized spacial score (nSPS) is 21.5. The second-order valence-corrected chi connectivity index (χ2v) is 13.9. The lowest BCUT2D eigenvalue weighted by Gasteiger charge is -2.43. The summed E-state index contributed by atoms with van der Waals surface area (Å²) >= 11 is 0. The zero-order chi connectivity index (χ0) is 31.0. The first-order chi connectivity index (χ1) is 21.9. The number of carbonyl (C=O) groups excluding carboxylic acids is 1. The fourth-order valence-electron chi connectivity index (χ4n) is 6.74. The number of anilines is 3. The molecule has 3 aliphatic heterocycles. The zero-order valence-electron chi connectivity index (χ0n) is 25.2. The van der Waals surface area contributed by atoms with Gasteiger partial charge in [-0.3, -0.25) is 9.11 Å². The molecule has 0 spiro atoms. The summed E-state index contributed by atoms with van der Waals surface area (Å²) in [6.07, 6.45) is 3.36. The van der Waals surface area contributed by atoms with Gasteiger partial charge in [0.15, 0.2) is 0 Å². The zero-order valence-corrected chi connectivity index (χ0v) is 26.0. The summed E-state index contributed by atoms with van der Waals surface area (Å²) in [7, 11) is -1.17. The molecule has 2 atom stereocenters. The minimum Gasteiger partial charge on any atom is -0.445 e. The average Bonchev–Trinajstić information content (AvgIpc) is 3.65. The molecule has 0 unspecified atom stereocenters. The molecule has 0 radical (unpaired) electrons. The third-order valence-corrected chi connectivity index (χ3v) is 10.9. The number of hydrogen-bond acceptors (Lipinski definition) is 10.